The summed E-state index contributed by atoms with van der Waals surface area (Å²) in [5.74, 6) is 0.852. The fourth-order valence-corrected chi connectivity index (χ4v) is 2.23. The second-order valence-electron chi connectivity index (χ2n) is 4.71. The lowest BCUT2D eigenvalue weighted by atomic mass is 10.2. The molecule has 0 spiro atoms. The van der Waals surface area contributed by atoms with E-state index in [1.54, 1.807) is 7.11 Å². The normalized spacial score (nSPS) is 18.3. The van der Waals surface area contributed by atoms with Crippen LogP contribution in [0.4, 0.5) is 0 Å². The van der Waals surface area contributed by atoms with Crippen molar-refractivity contribution in [1.29, 1.82) is 0 Å². The first-order valence-corrected chi connectivity index (χ1v) is 6.50. The molecule has 3 heteroatoms. The van der Waals surface area contributed by atoms with Crippen LogP contribution in [-0.2, 0) is 0 Å². The van der Waals surface area contributed by atoms with Crippen LogP contribution in [0.25, 0.3) is 6.08 Å². The summed E-state index contributed by atoms with van der Waals surface area (Å²) in [5, 5.41) is 9.92. The first kappa shape index (κ1) is 13.1. The third-order valence-electron chi connectivity index (χ3n) is 3.27. The molecule has 98 valence electrons. The Morgan fingerprint density at radius 2 is 1.94 bits per heavy atom. The predicted molar refractivity (Wildman–Crippen MR) is 73.7 cm³/mol. The number of aliphatic hydroxyl groups excluding tert-OH is 1. The molecule has 2 rings (SSSR count). The minimum atomic E-state index is -0.384. The van der Waals surface area contributed by atoms with Crippen molar-refractivity contribution in [3.63, 3.8) is 0 Å². The zero-order valence-corrected chi connectivity index (χ0v) is 10.9. The van der Waals surface area contributed by atoms with Gasteiger partial charge in [0.15, 0.2) is 0 Å². The molecular formula is C15H21NO2. The van der Waals surface area contributed by atoms with Gasteiger partial charge in [0.1, 0.15) is 5.75 Å². The van der Waals surface area contributed by atoms with Crippen LogP contribution >= 0.6 is 0 Å². The number of β-amino-alcohol motifs (C(OH)–C–C–N with tert-alkyl or cyclic N) is 1. The lowest BCUT2D eigenvalue weighted by Crippen LogP contribution is -2.28. The molecule has 0 aliphatic carbocycles. The van der Waals surface area contributed by atoms with E-state index < -0.39 is 0 Å². The van der Waals surface area contributed by atoms with E-state index in [9.17, 15) is 5.11 Å². The van der Waals surface area contributed by atoms with Crippen LogP contribution in [0.15, 0.2) is 30.3 Å². The number of nitrogens with zero attached hydrogens (tertiary/aromatic N) is 1. The summed E-state index contributed by atoms with van der Waals surface area (Å²) in [7, 11) is 1.66. The van der Waals surface area contributed by atoms with E-state index in [2.05, 4.69) is 4.90 Å². The first-order valence-electron chi connectivity index (χ1n) is 6.50. The van der Waals surface area contributed by atoms with Gasteiger partial charge in [0.05, 0.1) is 13.2 Å². The monoisotopic (exact) mass is 247 g/mol. The number of likely N-dealkylation sites (tertiary alicyclic amines) is 1. The highest BCUT2D eigenvalue weighted by atomic mass is 16.5. The summed E-state index contributed by atoms with van der Waals surface area (Å²) in [6, 6.07) is 7.81. The van der Waals surface area contributed by atoms with Crippen molar-refractivity contribution in [1.82, 2.24) is 4.90 Å². The number of ether oxygens (including phenoxy) is 1. The third-order valence-corrected chi connectivity index (χ3v) is 3.27. The van der Waals surface area contributed by atoms with E-state index in [1.165, 1.54) is 12.8 Å². The topological polar surface area (TPSA) is 32.7 Å². The molecule has 0 saturated carbocycles. The summed E-state index contributed by atoms with van der Waals surface area (Å²) < 4.78 is 5.10. The molecule has 0 amide bonds. The molecule has 1 heterocycles. The molecule has 18 heavy (non-hydrogen) atoms. The number of aliphatic hydroxyl groups is 1. The molecular weight excluding hydrogens is 226 g/mol. The Morgan fingerprint density at radius 1 is 1.28 bits per heavy atom. The second-order valence-corrected chi connectivity index (χ2v) is 4.71. The van der Waals surface area contributed by atoms with Gasteiger partial charge < -0.3 is 14.7 Å². The van der Waals surface area contributed by atoms with Crippen molar-refractivity contribution in [2.75, 3.05) is 26.7 Å². The summed E-state index contributed by atoms with van der Waals surface area (Å²) in [6.45, 7) is 2.98. The lowest BCUT2D eigenvalue weighted by Gasteiger charge is -2.16. The van der Waals surface area contributed by atoms with Gasteiger partial charge in [-0.1, -0.05) is 24.3 Å². The van der Waals surface area contributed by atoms with Gasteiger partial charge >= 0.3 is 0 Å². The van der Waals surface area contributed by atoms with Crippen LogP contribution in [0.2, 0.25) is 0 Å². The molecule has 1 aromatic rings. The zero-order valence-electron chi connectivity index (χ0n) is 10.9. The highest BCUT2D eigenvalue weighted by Crippen LogP contribution is 2.13. The Hall–Kier alpha value is -1.32. The Balaban J connectivity index is 1.84. The molecule has 1 aliphatic rings. The van der Waals surface area contributed by atoms with Gasteiger partial charge in [0.2, 0.25) is 0 Å². The molecule has 0 aromatic heterocycles. The number of benzene rings is 1. The van der Waals surface area contributed by atoms with Crippen molar-refractivity contribution in [2.24, 2.45) is 0 Å². The molecule has 1 N–H and O–H groups in total. The zero-order chi connectivity index (χ0) is 12.8. The minimum absolute atomic E-state index is 0.384. The van der Waals surface area contributed by atoms with Crippen molar-refractivity contribution in [3.05, 3.63) is 35.9 Å². The van der Waals surface area contributed by atoms with Crippen LogP contribution in [0.5, 0.6) is 5.75 Å². The van der Waals surface area contributed by atoms with Crippen molar-refractivity contribution in [2.45, 2.75) is 18.9 Å². The van der Waals surface area contributed by atoms with Crippen molar-refractivity contribution >= 4 is 6.08 Å². The molecule has 0 radical (unpaired) electrons. The number of rotatable bonds is 5. The van der Waals surface area contributed by atoms with E-state index >= 15 is 0 Å². The highest BCUT2D eigenvalue weighted by molar-refractivity contribution is 5.51. The molecule has 3 nitrogen and oxygen atoms in total. The van der Waals surface area contributed by atoms with E-state index in [1.807, 2.05) is 36.4 Å². The standard InChI is InChI=1S/C15H21NO2/c1-18-15-8-5-13(6-9-15)4-7-14(17)12-16-10-2-3-11-16/h4-9,14,17H,2-3,10-12H2,1H3/b7-4-. The maximum Gasteiger partial charge on any atom is 0.118 e. The van der Waals surface area contributed by atoms with Gasteiger partial charge in [-0.25, -0.2) is 0 Å². The van der Waals surface area contributed by atoms with Gasteiger partial charge in [-0.15, -0.1) is 0 Å². The van der Waals surface area contributed by atoms with Crippen molar-refractivity contribution < 1.29 is 9.84 Å². The molecule has 0 bridgehead atoms. The van der Waals surface area contributed by atoms with Gasteiger partial charge in [-0.3, -0.25) is 0 Å². The van der Waals surface area contributed by atoms with Gasteiger partial charge in [-0.05, 0) is 43.6 Å². The van der Waals surface area contributed by atoms with Gasteiger partial charge in [0, 0.05) is 6.54 Å². The molecule has 1 saturated heterocycles. The largest absolute Gasteiger partial charge is 0.497 e. The van der Waals surface area contributed by atoms with Crippen LogP contribution in [-0.4, -0.2) is 42.9 Å². The summed E-state index contributed by atoms with van der Waals surface area (Å²) in [4.78, 5) is 2.31. The Morgan fingerprint density at radius 3 is 2.56 bits per heavy atom. The van der Waals surface area contributed by atoms with Crippen LogP contribution in [0.1, 0.15) is 18.4 Å². The smallest absolute Gasteiger partial charge is 0.118 e. The fourth-order valence-electron chi connectivity index (χ4n) is 2.23. The first-order chi connectivity index (χ1) is 8.78. The highest BCUT2D eigenvalue weighted by Gasteiger charge is 2.13. The summed E-state index contributed by atoms with van der Waals surface area (Å²) in [6.07, 6.45) is 5.95. The van der Waals surface area contributed by atoms with E-state index in [0.717, 1.165) is 30.9 Å². The van der Waals surface area contributed by atoms with Gasteiger partial charge in [0.25, 0.3) is 0 Å². The number of hydrogen-bond donors (Lipinski definition) is 1. The Kier molecular flexibility index (Phi) is 4.79. The maximum atomic E-state index is 9.92. The quantitative estimate of drug-likeness (QED) is 0.865. The number of methoxy groups -OCH3 is 1. The molecule has 1 atom stereocenters. The lowest BCUT2D eigenvalue weighted by molar-refractivity contribution is 0.164. The van der Waals surface area contributed by atoms with Gasteiger partial charge in [-0.2, -0.15) is 0 Å². The minimum Gasteiger partial charge on any atom is -0.497 e. The predicted octanol–water partition coefficient (Wildman–Crippen LogP) is 2.17. The summed E-state index contributed by atoms with van der Waals surface area (Å²) in [5.41, 5.74) is 1.08. The fraction of sp³-hybridized carbons (Fsp3) is 0.467. The summed E-state index contributed by atoms with van der Waals surface area (Å²) >= 11 is 0. The average Bonchev–Trinajstić information content (AvgIpc) is 2.90. The van der Waals surface area contributed by atoms with E-state index in [4.69, 9.17) is 4.74 Å². The van der Waals surface area contributed by atoms with E-state index in [-0.39, 0.29) is 6.10 Å². The maximum absolute atomic E-state index is 9.92. The molecule has 1 unspecified atom stereocenters. The third kappa shape index (κ3) is 3.86. The van der Waals surface area contributed by atoms with E-state index in [0.29, 0.717) is 0 Å². The SMILES string of the molecule is COc1ccc(/C=C\C(O)CN2CCCC2)cc1. The second kappa shape index (κ2) is 6.57. The average molecular weight is 247 g/mol. The van der Waals surface area contributed by atoms with Crippen molar-refractivity contribution in [3.8, 4) is 5.75 Å². The Labute approximate surface area is 109 Å². The number of hydrogen-bond acceptors (Lipinski definition) is 3. The van der Waals surface area contributed by atoms with Crippen LogP contribution in [0.3, 0.4) is 0 Å². The van der Waals surface area contributed by atoms with Crippen LogP contribution in [0, 0.1) is 0 Å². The van der Waals surface area contributed by atoms with Crippen LogP contribution < -0.4 is 4.74 Å². The molecule has 1 aliphatic heterocycles. The Bertz CT molecular complexity index is 380. The molecule has 1 fully saturated rings. The molecule has 1 aromatic carbocycles.